The second kappa shape index (κ2) is 7.25. The van der Waals surface area contributed by atoms with Crippen LogP contribution >= 0.6 is 0 Å². The van der Waals surface area contributed by atoms with Gasteiger partial charge in [0.15, 0.2) is 0 Å². The average Bonchev–Trinajstić information content (AvgIpc) is 2.28. The highest BCUT2D eigenvalue weighted by atomic mass is 32.2. The highest BCUT2D eigenvalue weighted by Crippen LogP contribution is 2.28. The molecule has 0 aliphatic carbocycles. The summed E-state index contributed by atoms with van der Waals surface area (Å²) in [5.74, 6) is 0.393. The van der Waals surface area contributed by atoms with E-state index in [1.54, 1.807) is 6.92 Å². The zero-order chi connectivity index (χ0) is 12.7. The van der Waals surface area contributed by atoms with E-state index in [0.717, 1.165) is 12.8 Å². The third-order valence-corrected chi connectivity index (χ3v) is 4.94. The fraction of sp³-hybridized carbons (Fsp3) is 1.00. The Hall–Kier alpha value is -0.130. The summed E-state index contributed by atoms with van der Waals surface area (Å²) >= 11 is 0. The first kappa shape index (κ1) is 15.9. The second-order valence-electron chi connectivity index (χ2n) is 4.45. The lowest BCUT2D eigenvalue weighted by atomic mass is 9.80. The molecule has 1 atom stereocenters. The maximum absolute atomic E-state index is 11.3. The normalized spacial score (nSPS) is 16.0. The van der Waals surface area contributed by atoms with E-state index in [-0.39, 0.29) is 23.5 Å². The molecule has 16 heavy (non-hydrogen) atoms. The minimum atomic E-state index is -2.90. The van der Waals surface area contributed by atoms with Crippen LogP contribution in [-0.2, 0) is 9.84 Å². The molecule has 0 amide bonds. The summed E-state index contributed by atoms with van der Waals surface area (Å²) in [6, 6.07) is 0. The maximum Gasteiger partial charge on any atom is 0.150 e. The molecule has 0 fully saturated rings. The quantitative estimate of drug-likeness (QED) is 0.639. The Morgan fingerprint density at radius 2 is 1.88 bits per heavy atom. The number of hydrogen-bond acceptors (Lipinski definition) is 4. The maximum atomic E-state index is 11.3. The van der Waals surface area contributed by atoms with E-state index < -0.39 is 9.84 Å². The smallest absolute Gasteiger partial charge is 0.150 e. The monoisotopic (exact) mass is 251 g/mol. The molecule has 0 saturated carbocycles. The van der Waals surface area contributed by atoms with Gasteiger partial charge in [0.1, 0.15) is 9.84 Å². The molecule has 0 heterocycles. The molecule has 0 aliphatic heterocycles. The van der Waals surface area contributed by atoms with Crippen molar-refractivity contribution in [1.82, 2.24) is 0 Å². The second-order valence-corrected chi connectivity index (χ2v) is 6.92. The largest absolute Gasteiger partial charge is 0.396 e. The number of aliphatic hydroxyl groups is 1. The number of aliphatic hydroxyl groups excluding tert-OH is 1. The van der Waals surface area contributed by atoms with Gasteiger partial charge in [-0.05, 0) is 19.3 Å². The van der Waals surface area contributed by atoms with Crippen molar-refractivity contribution in [3.05, 3.63) is 0 Å². The molecule has 5 heteroatoms. The van der Waals surface area contributed by atoms with Crippen LogP contribution in [0.25, 0.3) is 0 Å². The van der Waals surface area contributed by atoms with Crippen molar-refractivity contribution in [2.45, 2.75) is 39.5 Å². The van der Waals surface area contributed by atoms with E-state index in [4.69, 9.17) is 5.73 Å². The van der Waals surface area contributed by atoms with Crippen molar-refractivity contribution in [2.75, 3.05) is 24.7 Å². The molecule has 0 bridgehead atoms. The van der Waals surface area contributed by atoms with E-state index in [1.165, 1.54) is 0 Å². The molecule has 0 aliphatic rings. The molecular formula is C11H25NO3S. The first-order valence-corrected chi connectivity index (χ1v) is 7.78. The highest BCUT2D eigenvalue weighted by Gasteiger charge is 2.26. The van der Waals surface area contributed by atoms with Gasteiger partial charge in [-0.3, -0.25) is 0 Å². The number of nitrogens with two attached hydrogens (primary N) is 1. The van der Waals surface area contributed by atoms with Crippen molar-refractivity contribution < 1.29 is 13.5 Å². The molecule has 0 aromatic carbocycles. The summed E-state index contributed by atoms with van der Waals surface area (Å²) in [4.78, 5) is 0. The third kappa shape index (κ3) is 5.27. The lowest BCUT2D eigenvalue weighted by molar-refractivity contribution is 0.111. The molecule has 0 aromatic heterocycles. The molecule has 0 saturated heterocycles. The Bertz CT molecular complexity index is 271. The van der Waals surface area contributed by atoms with Crippen LogP contribution < -0.4 is 5.73 Å². The Labute approximate surface area is 99.1 Å². The van der Waals surface area contributed by atoms with Crippen molar-refractivity contribution in [2.24, 2.45) is 11.1 Å². The summed E-state index contributed by atoms with van der Waals surface area (Å²) in [5, 5.41) is 9.36. The van der Waals surface area contributed by atoms with E-state index >= 15 is 0 Å². The Morgan fingerprint density at radius 3 is 2.25 bits per heavy atom. The van der Waals surface area contributed by atoms with Crippen LogP contribution in [0.3, 0.4) is 0 Å². The van der Waals surface area contributed by atoms with E-state index in [0.29, 0.717) is 19.4 Å². The van der Waals surface area contributed by atoms with Gasteiger partial charge in [-0.1, -0.05) is 20.3 Å². The molecular weight excluding hydrogens is 226 g/mol. The van der Waals surface area contributed by atoms with Gasteiger partial charge in [0, 0.05) is 24.3 Å². The zero-order valence-corrected chi connectivity index (χ0v) is 11.2. The van der Waals surface area contributed by atoms with Crippen LogP contribution in [-0.4, -0.2) is 38.2 Å². The first-order chi connectivity index (χ1) is 7.45. The van der Waals surface area contributed by atoms with Crippen molar-refractivity contribution in [3.63, 3.8) is 0 Å². The Balaban J connectivity index is 4.23. The molecule has 98 valence electrons. The van der Waals surface area contributed by atoms with E-state index in [9.17, 15) is 13.5 Å². The third-order valence-electron chi connectivity index (χ3n) is 3.15. The molecule has 4 nitrogen and oxygen atoms in total. The lowest BCUT2D eigenvalue weighted by Crippen LogP contribution is -2.34. The molecule has 0 spiro atoms. The summed E-state index contributed by atoms with van der Waals surface area (Å²) in [5.41, 5.74) is 5.40. The first-order valence-electron chi connectivity index (χ1n) is 5.96. The predicted octanol–water partition coefficient (Wildman–Crippen LogP) is 0.939. The SMILES string of the molecule is CCCC(CN)(CO)CCCS(=O)(=O)CC. The number of sulfone groups is 1. The Morgan fingerprint density at radius 1 is 1.25 bits per heavy atom. The van der Waals surface area contributed by atoms with Crippen LogP contribution in [0, 0.1) is 5.41 Å². The van der Waals surface area contributed by atoms with Gasteiger partial charge >= 0.3 is 0 Å². The van der Waals surface area contributed by atoms with Gasteiger partial charge in [0.05, 0.1) is 5.75 Å². The van der Waals surface area contributed by atoms with Gasteiger partial charge in [-0.15, -0.1) is 0 Å². The van der Waals surface area contributed by atoms with Gasteiger partial charge in [0.2, 0.25) is 0 Å². The summed E-state index contributed by atoms with van der Waals surface area (Å²) in [6.45, 7) is 4.17. The van der Waals surface area contributed by atoms with Gasteiger partial charge < -0.3 is 10.8 Å². The predicted molar refractivity (Wildman–Crippen MR) is 67.0 cm³/mol. The van der Waals surface area contributed by atoms with Crippen LogP contribution in [0.15, 0.2) is 0 Å². The summed E-state index contributed by atoms with van der Waals surface area (Å²) in [6.07, 6.45) is 3.09. The number of rotatable bonds is 9. The van der Waals surface area contributed by atoms with Gasteiger partial charge in [-0.2, -0.15) is 0 Å². The average molecular weight is 251 g/mol. The molecule has 0 aromatic rings. The van der Waals surface area contributed by atoms with Gasteiger partial charge in [0.25, 0.3) is 0 Å². The number of hydrogen-bond donors (Lipinski definition) is 2. The molecule has 1 unspecified atom stereocenters. The van der Waals surface area contributed by atoms with Crippen molar-refractivity contribution >= 4 is 9.84 Å². The zero-order valence-electron chi connectivity index (χ0n) is 10.4. The standard InChI is InChI=1S/C11H25NO3S/c1-3-6-11(9-12,10-13)7-5-8-16(14,15)4-2/h13H,3-10,12H2,1-2H3. The fourth-order valence-corrected chi connectivity index (χ4v) is 2.77. The highest BCUT2D eigenvalue weighted by molar-refractivity contribution is 7.91. The van der Waals surface area contributed by atoms with Crippen molar-refractivity contribution in [3.8, 4) is 0 Å². The van der Waals surface area contributed by atoms with Gasteiger partial charge in [-0.25, -0.2) is 8.42 Å². The lowest BCUT2D eigenvalue weighted by Gasteiger charge is -2.30. The van der Waals surface area contributed by atoms with E-state index in [1.807, 2.05) is 6.92 Å². The summed E-state index contributed by atoms with van der Waals surface area (Å²) in [7, 11) is -2.90. The minimum Gasteiger partial charge on any atom is -0.396 e. The van der Waals surface area contributed by atoms with Crippen molar-refractivity contribution in [1.29, 1.82) is 0 Å². The van der Waals surface area contributed by atoms with Crippen LogP contribution in [0.5, 0.6) is 0 Å². The Kier molecular flexibility index (Phi) is 7.19. The van der Waals surface area contributed by atoms with E-state index in [2.05, 4.69) is 0 Å². The van der Waals surface area contributed by atoms with Crippen LogP contribution in [0.1, 0.15) is 39.5 Å². The molecule has 0 radical (unpaired) electrons. The summed E-state index contributed by atoms with van der Waals surface area (Å²) < 4.78 is 22.7. The molecule has 3 N–H and O–H groups in total. The van der Waals surface area contributed by atoms with Crippen LogP contribution in [0.2, 0.25) is 0 Å². The molecule has 0 rings (SSSR count). The minimum absolute atomic E-state index is 0.0452. The topological polar surface area (TPSA) is 80.4 Å². The fourth-order valence-electron chi connectivity index (χ4n) is 1.89. The van der Waals surface area contributed by atoms with Crippen LogP contribution in [0.4, 0.5) is 0 Å².